The van der Waals surface area contributed by atoms with E-state index in [4.69, 9.17) is 4.74 Å². The smallest absolute Gasteiger partial charge is 0.225 e. The summed E-state index contributed by atoms with van der Waals surface area (Å²) in [5, 5.41) is 3.11. The Kier molecular flexibility index (Phi) is 5.58. The molecule has 1 amide bonds. The van der Waals surface area contributed by atoms with Crippen molar-refractivity contribution in [2.75, 3.05) is 36.5 Å². The summed E-state index contributed by atoms with van der Waals surface area (Å²) >= 11 is 0. The van der Waals surface area contributed by atoms with Gasteiger partial charge in [0.05, 0.1) is 37.5 Å². The number of benzene rings is 1. The highest BCUT2D eigenvalue weighted by Crippen LogP contribution is 2.38. The number of nitrogens with one attached hydrogen (secondary N) is 1. The highest BCUT2D eigenvalue weighted by atomic mass is 16.5. The number of methoxy groups -OCH3 is 1. The van der Waals surface area contributed by atoms with Gasteiger partial charge in [-0.2, -0.15) is 0 Å². The van der Waals surface area contributed by atoms with Gasteiger partial charge in [0.2, 0.25) is 5.91 Å². The van der Waals surface area contributed by atoms with E-state index >= 15 is 0 Å². The maximum Gasteiger partial charge on any atom is 0.225 e. The first-order valence-corrected chi connectivity index (χ1v) is 10.8. The Morgan fingerprint density at radius 3 is 2.88 bits per heavy atom. The third kappa shape index (κ3) is 3.95. The summed E-state index contributed by atoms with van der Waals surface area (Å²) in [6.07, 6.45) is 7.60. The predicted molar refractivity (Wildman–Crippen MR) is 122 cm³/mol. The van der Waals surface area contributed by atoms with Crippen molar-refractivity contribution in [2.45, 2.75) is 19.0 Å². The zero-order chi connectivity index (χ0) is 21.9. The molecule has 0 saturated carbocycles. The molecule has 2 aromatic heterocycles. The van der Waals surface area contributed by atoms with Crippen molar-refractivity contribution in [2.24, 2.45) is 5.92 Å². The lowest BCUT2D eigenvalue weighted by Gasteiger charge is -2.49. The minimum atomic E-state index is -0.181. The van der Waals surface area contributed by atoms with Gasteiger partial charge in [-0.15, -0.1) is 0 Å². The number of pyridine rings is 1. The van der Waals surface area contributed by atoms with E-state index in [0.29, 0.717) is 19.5 Å². The predicted octanol–water partition coefficient (Wildman–Crippen LogP) is 2.06. The number of aromatic nitrogens is 3. The molecular weight excluding hydrogens is 404 g/mol. The molecule has 1 fully saturated rings. The van der Waals surface area contributed by atoms with Crippen molar-refractivity contribution in [3.63, 3.8) is 0 Å². The van der Waals surface area contributed by atoms with Crippen LogP contribution in [0.25, 0.3) is 0 Å². The number of carbonyl (C=O) groups is 1. The molecule has 5 rings (SSSR count). The number of ether oxygens (including phenoxy) is 1. The molecule has 1 N–H and O–H groups in total. The highest BCUT2D eigenvalue weighted by Gasteiger charge is 2.42. The van der Waals surface area contributed by atoms with E-state index in [-0.39, 0.29) is 17.9 Å². The molecule has 0 spiro atoms. The van der Waals surface area contributed by atoms with Gasteiger partial charge in [-0.05, 0) is 30.2 Å². The Hall–Kier alpha value is -3.68. The topological polar surface area (TPSA) is 83.5 Å². The molecule has 1 saturated heterocycles. The Morgan fingerprint density at radius 2 is 2.09 bits per heavy atom. The van der Waals surface area contributed by atoms with Gasteiger partial charge >= 0.3 is 0 Å². The Labute approximate surface area is 187 Å². The first kappa shape index (κ1) is 20.2. The van der Waals surface area contributed by atoms with Crippen LogP contribution in [0.4, 0.5) is 11.5 Å². The first-order chi connectivity index (χ1) is 15.7. The summed E-state index contributed by atoms with van der Waals surface area (Å²) < 4.78 is 5.47. The fraction of sp³-hybridized carbons (Fsp3) is 0.333. The molecule has 164 valence electrons. The lowest BCUT2D eigenvalue weighted by Crippen LogP contribution is -2.61. The van der Waals surface area contributed by atoms with Crippen LogP contribution in [0.3, 0.4) is 0 Å². The van der Waals surface area contributed by atoms with Crippen LogP contribution in [0.5, 0.6) is 5.75 Å². The summed E-state index contributed by atoms with van der Waals surface area (Å²) in [5.74, 6) is 1.54. The molecule has 3 aromatic rings. The number of anilines is 2. The van der Waals surface area contributed by atoms with Crippen LogP contribution >= 0.6 is 0 Å². The van der Waals surface area contributed by atoms with E-state index < -0.39 is 0 Å². The van der Waals surface area contributed by atoms with Crippen molar-refractivity contribution in [3.05, 3.63) is 72.4 Å². The van der Waals surface area contributed by atoms with Crippen molar-refractivity contribution in [3.8, 4) is 5.75 Å². The molecule has 0 aliphatic carbocycles. The van der Waals surface area contributed by atoms with Gasteiger partial charge in [-0.25, -0.2) is 4.98 Å². The first-order valence-electron chi connectivity index (χ1n) is 10.8. The summed E-state index contributed by atoms with van der Waals surface area (Å²) in [5.41, 5.74) is 3.18. The molecule has 8 nitrogen and oxygen atoms in total. The van der Waals surface area contributed by atoms with Gasteiger partial charge in [0.1, 0.15) is 11.6 Å². The molecule has 0 radical (unpaired) electrons. The van der Waals surface area contributed by atoms with E-state index in [9.17, 15) is 4.79 Å². The fourth-order valence-corrected chi connectivity index (χ4v) is 4.68. The lowest BCUT2D eigenvalue weighted by atomic mass is 9.83. The second-order valence-electron chi connectivity index (χ2n) is 8.11. The SMILES string of the molecule is COc1ccc2c(c1)N1CCN(c3cnccn3)CC1C(C(=O)NCc1ccccn1)C2. The second kappa shape index (κ2) is 8.82. The summed E-state index contributed by atoms with van der Waals surface area (Å²) in [6.45, 7) is 2.74. The maximum atomic E-state index is 13.4. The van der Waals surface area contributed by atoms with Gasteiger partial charge < -0.3 is 19.9 Å². The van der Waals surface area contributed by atoms with Crippen LogP contribution in [0.15, 0.2) is 61.2 Å². The van der Waals surface area contributed by atoms with Gasteiger partial charge in [-0.1, -0.05) is 12.1 Å². The summed E-state index contributed by atoms with van der Waals surface area (Å²) in [7, 11) is 1.68. The van der Waals surface area contributed by atoms with E-state index in [1.165, 1.54) is 5.56 Å². The van der Waals surface area contributed by atoms with Crippen LogP contribution in [0, 0.1) is 5.92 Å². The number of hydrogen-bond donors (Lipinski definition) is 1. The molecule has 2 unspecified atom stereocenters. The second-order valence-corrected chi connectivity index (χ2v) is 8.11. The number of carbonyl (C=O) groups excluding carboxylic acids is 1. The van der Waals surface area contributed by atoms with Crippen LogP contribution in [-0.4, -0.2) is 53.6 Å². The number of hydrogen-bond acceptors (Lipinski definition) is 7. The third-order valence-corrected chi connectivity index (χ3v) is 6.30. The number of amides is 1. The number of piperazine rings is 1. The van der Waals surface area contributed by atoms with Crippen molar-refractivity contribution >= 4 is 17.4 Å². The molecular formula is C24H26N6O2. The van der Waals surface area contributed by atoms with Crippen LogP contribution in [-0.2, 0) is 17.8 Å². The molecule has 2 aliphatic heterocycles. The molecule has 2 aliphatic rings. The van der Waals surface area contributed by atoms with E-state index in [2.05, 4.69) is 42.2 Å². The lowest BCUT2D eigenvalue weighted by molar-refractivity contribution is -0.126. The monoisotopic (exact) mass is 430 g/mol. The molecule has 1 aromatic carbocycles. The molecule has 4 heterocycles. The van der Waals surface area contributed by atoms with Gasteiger partial charge in [0.25, 0.3) is 0 Å². The quantitative estimate of drug-likeness (QED) is 0.663. The zero-order valence-electron chi connectivity index (χ0n) is 18.0. The third-order valence-electron chi connectivity index (χ3n) is 6.30. The summed E-state index contributed by atoms with van der Waals surface area (Å²) in [4.78, 5) is 31.0. The average Bonchev–Trinajstić information content (AvgIpc) is 2.87. The zero-order valence-corrected chi connectivity index (χ0v) is 18.0. The van der Waals surface area contributed by atoms with Gasteiger partial charge in [0.15, 0.2) is 0 Å². The number of rotatable bonds is 5. The molecule has 32 heavy (non-hydrogen) atoms. The highest BCUT2D eigenvalue weighted by molar-refractivity contribution is 5.82. The maximum absolute atomic E-state index is 13.4. The Bertz CT molecular complexity index is 1080. The number of nitrogens with zero attached hydrogens (tertiary/aromatic N) is 5. The fourth-order valence-electron chi connectivity index (χ4n) is 4.68. The van der Waals surface area contributed by atoms with Crippen LogP contribution < -0.4 is 19.9 Å². The van der Waals surface area contributed by atoms with E-state index in [1.807, 2.05) is 24.3 Å². The normalized spacial score (nSPS) is 19.7. The van der Waals surface area contributed by atoms with Crippen LogP contribution in [0.1, 0.15) is 11.3 Å². The van der Waals surface area contributed by atoms with Crippen LogP contribution in [0.2, 0.25) is 0 Å². The van der Waals surface area contributed by atoms with Crippen molar-refractivity contribution in [1.82, 2.24) is 20.3 Å². The van der Waals surface area contributed by atoms with Crippen molar-refractivity contribution in [1.29, 1.82) is 0 Å². The standard InChI is InChI=1S/C24H26N6O2/c1-32-19-6-5-17-12-20(24(31)28-14-18-4-2-3-7-26-18)22-16-29(23-15-25-8-9-27-23)10-11-30(22)21(17)13-19/h2-9,13,15,20,22H,10-12,14,16H2,1H3,(H,28,31). The van der Waals surface area contributed by atoms with Gasteiger partial charge in [-0.3, -0.25) is 14.8 Å². The largest absolute Gasteiger partial charge is 0.497 e. The van der Waals surface area contributed by atoms with E-state index in [0.717, 1.165) is 36.0 Å². The van der Waals surface area contributed by atoms with Gasteiger partial charge in [0, 0.05) is 50.0 Å². The minimum Gasteiger partial charge on any atom is -0.497 e. The molecule has 8 heteroatoms. The van der Waals surface area contributed by atoms with E-state index in [1.54, 1.807) is 31.9 Å². The molecule has 2 atom stereocenters. The Balaban J connectivity index is 1.42. The average molecular weight is 431 g/mol. The Morgan fingerprint density at radius 1 is 1.16 bits per heavy atom. The summed E-state index contributed by atoms with van der Waals surface area (Å²) in [6, 6.07) is 11.9. The minimum absolute atomic E-state index is 0.0223. The molecule has 0 bridgehead atoms. The number of fused-ring (bicyclic) bond motifs is 3. The van der Waals surface area contributed by atoms with Crippen molar-refractivity contribution < 1.29 is 9.53 Å².